The van der Waals surface area contributed by atoms with Gasteiger partial charge in [0, 0.05) is 26.8 Å². The summed E-state index contributed by atoms with van der Waals surface area (Å²) in [5.41, 5.74) is 18.5. The number of rotatable bonds is 5. The smallest absolute Gasteiger partial charge is 0.0726 e. The van der Waals surface area contributed by atoms with Crippen molar-refractivity contribution in [2.45, 2.75) is 5.41 Å². The molecule has 9 aromatic carbocycles. The molecule has 0 saturated heterocycles. The van der Waals surface area contributed by atoms with Crippen molar-refractivity contribution in [1.29, 1.82) is 0 Å². The highest BCUT2D eigenvalue weighted by molar-refractivity contribution is 7.26. The van der Waals surface area contributed by atoms with Gasteiger partial charge in [-0.05, 0) is 103 Å². The molecule has 10 aromatic rings. The Morgan fingerprint density at radius 2 is 0.807 bits per heavy atom. The highest BCUT2D eigenvalue weighted by Crippen LogP contribution is 2.66. The maximum Gasteiger partial charge on any atom is 0.0726 e. The van der Waals surface area contributed by atoms with E-state index in [1.807, 2.05) is 11.3 Å². The van der Waals surface area contributed by atoms with Crippen molar-refractivity contribution in [3.63, 3.8) is 0 Å². The van der Waals surface area contributed by atoms with Crippen LogP contribution in [0.5, 0.6) is 0 Å². The third-order valence-electron chi connectivity index (χ3n) is 12.3. The molecule has 1 heterocycles. The second-order valence-electron chi connectivity index (χ2n) is 15.2. The minimum atomic E-state index is -0.467. The average Bonchev–Trinajstić information content (AvgIpc) is 3.92. The molecular weight excluding hydrogens is 707 g/mol. The van der Waals surface area contributed by atoms with Gasteiger partial charge in [-0.3, -0.25) is 0 Å². The second-order valence-corrected chi connectivity index (χ2v) is 16.2. The van der Waals surface area contributed by atoms with Crippen molar-refractivity contribution < 1.29 is 0 Å². The Morgan fingerprint density at radius 1 is 0.368 bits per heavy atom. The minimum absolute atomic E-state index is 0.467. The van der Waals surface area contributed by atoms with E-state index in [-0.39, 0.29) is 0 Å². The van der Waals surface area contributed by atoms with Crippen LogP contribution in [0, 0.1) is 0 Å². The van der Waals surface area contributed by atoms with Gasteiger partial charge in [0.1, 0.15) is 0 Å². The van der Waals surface area contributed by atoms with Gasteiger partial charge in [0.25, 0.3) is 0 Å². The standard InChI is InChI=1S/C55H35NS/c1-3-15-36(16-4-1)38-27-31-40(32-28-38)56(41-33-29-39(30-34-41)37-17-5-2-6-18-37)50-35-49-52(53-45-22-10-14-26-51(45)57-54(50)53)44-21-9-13-25-48(44)55(49)46-23-11-7-19-42(46)43-20-8-12-24-47(43)55/h1-35H. The van der Waals surface area contributed by atoms with Crippen molar-refractivity contribution in [2.24, 2.45) is 0 Å². The monoisotopic (exact) mass is 741 g/mol. The molecule has 12 rings (SSSR count). The lowest BCUT2D eigenvalue weighted by Gasteiger charge is -2.32. The summed E-state index contributed by atoms with van der Waals surface area (Å²) in [4.78, 5) is 2.50. The molecule has 2 aliphatic carbocycles. The lowest BCUT2D eigenvalue weighted by Crippen LogP contribution is -2.26. The molecule has 0 aliphatic heterocycles. The molecule has 0 bridgehead atoms. The summed E-state index contributed by atoms with van der Waals surface area (Å²) in [7, 11) is 0. The van der Waals surface area contributed by atoms with Gasteiger partial charge in [0.05, 0.1) is 15.8 Å². The van der Waals surface area contributed by atoms with Crippen molar-refractivity contribution in [1.82, 2.24) is 0 Å². The normalized spacial score (nSPS) is 13.1. The van der Waals surface area contributed by atoms with Gasteiger partial charge in [0.15, 0.2) is 0 Å². The third-order valence-corrected chi connectivity index (χ3v) is 13.5. The molecule has 0 amide bonds. The maximum atomic E-state index is 2.56. The fourth-order valence-electron chi connectivity index (χ4n) is 9.91. The van der Waals surface area contributed by atoms with Gasteiger partial charge in [-0.2, -0.15) is 0 Å². The fourth-order valence-corrected chi connectivity index (χ4v) is 11.1. The first-order valence-corrected chi connectivity index (χ1v) is 20.5. The Balaban J connectivity index is 1.19. The van der Waals surface area contributed by atoms with E-state index in [2.05, 4.69) is 217 Å². The van der Waals surface area contributed by atoms with Gasteiger partial charge in [-0.1, -0.05) is 176 Å². The fraction of sp³-hybridized carbons (Fsp3) is 0.0182. The molecule has 2 aliphatic rings. The Kier molecular flexibility index (Phi) is 7.08. The van der Waals surface area contributed by atoms with Crippen LogP contribution < -0.4 is 4.90 Å². The Bertz CT molecular complexity index is 3030. The number of fused-ring (bicyclic) bond motifs is 14. The zero-order valence-corrected chi connectivity index (χ0v) is 31.9. The third kappa shape index (κ3) is 4.62. The van der Waals surface area contributed by atoms with Crippen LogP contribution in [-0.4, -0.2) is 0 Å². The van der Waals surface area contributed by atoms with Crippen molar-refractivity contribution in [3.8, 4) is 44.5 Å². The number of nitrogens with zero attached hydrogens (tertiary/aromatic N) is 1. The van der Waals surface area contributed by atoms with Crippen LogP contribution in [0.3, 0.4) is 0 Å². The molecule has 1 aromatic heterocycles. The van der Waals surface area contributed by atoms with Crippen LogP contribution in [0.15, 0.2) is 212 Å². The molecular formula is C55H35NS. The predicted molar refractivity (Wildman–Crippen MR) is 241 cm³/mol. The second kappa shape index (κ2) is 12.5. The quantitative estimate of drug-likeness (QED) is 0.170. The van der Waals surface area contributed by atoms with Crippen LogP contribution in [-0.2, 0) is 5.41 Å². The van der Waals surface area contributed by atoms with E-state index in [0.717, 1.165) is 11.4 Å². The first-order chi connectivity index (χ1) is 28.3. The minimum Gasteiger partial charge on any atom is -0.309 e. The first kappa shape index (κ1) is 32.3. The molecule has 0 saturated carbocycles. The number of benzene rings is 9. The van der Waals surface area contributed by atoms with E-state index >= 15 is 0 Å². The van der Waals surface area contributed by atoms with E-state index in [0.29, 0.717) is 0 Å². The molecule has 266 valence electrons. The van der Waals surface area contributed by atoms with E-state index in [1.54, 1.807) is 0 Å². The highest BCUT2D eigenvalue weighted by Gasteiger charge is 2.52. The number of hydrogen-bond acceptors (Lipinski definition) is 2. The predicted octanol–water partition coefficient (Wildman–Crippen LogP) is 15.2. The molecule has 2 heteroatoms. The van der Waals surface area contributed by atoms with E-state index < -0.39 is 5.41 Å². The van der Waals surface area contributed by atoms with Crippen molar-refractivity contribution in [3.05, 3.63) is 235 Å². The lowest BCUT2D eigenvalue weighted by molar-refractivity contribution is 0.794. The average molecular weight is 742 g/mol. The highest BCUT2D eigenvalue weighted by atomic mass is 32.1. The largest absolute Gasteiger partial charge is 0.309 e. The maximum absolute atomic E-state index is 2.56. The molecule has 0 unspecified atom stereocenters. The topological polar surface area (TPSA) is 3.24 Å². The van der Waals surface area contributed by atoms with Crippen LogP contribution in [0.1, 0.15) is 22.3 Å². The van der Waals surface area contributed by atoms with Crippen LogP contribution >= 0.6 is 11.3 Å². The summed E-state index contributed by atoms with van der Waals surface area (Å²) in [6.07, 6.45) is 0. The number of anilines is 3. The summed E-state index contributed by atoms with van der Waals surface area (Å²) in [6, 6.07) is 78.6. The molecule has 0 fully saturated rings. The van der Waals surface area contributed by atoms with Gasteiger partial charge < -0.3 is 4.90 Å². The van der Waals surface area contributed by atoms with Crippen molar-refractivity contribution >= 4 is 48.6 Å². The van der Waals surface area contributed by atoms with Crippen LogP contribution in [0.2, 0.25) is 0 Å². The summed E-state index contributed by atoms with van der Waals surface area (Å²) >= 11 is 1.91. The Hall–Kier alpha value is -7.00. The molecule has 0 N–H and O–H groups in total. The lowest BCUT2D eigenvalue weighted by atomic mass is 9.70. The summed E-state index contributed by atoms with van der Waals surface area (Å²) in [5.74, 6) is 0. The van der Waals surface area contributed by atoms with Gasteiger partial charge in [-0.25, -0.2) is 0 Å². The van der Waals surface area contributed by atoms with E-state index in [1.165, 1.54) is 92.6 Å². The summed E-state index contributed by atoms with van der Waals surface area (Å²) < 4.78 is 2.59. The number of hydrogen-bond donors (Lipinski definition) is 0. The zero-order valence-electron chi connectivity index (χ0n) is 31.1. The first-order valence-electron chi connectivity index (χ1n) is 19.7. The molecule has 1 spiro atoms. The summed E-state index contributed by atoms with van der Waals surface area (Å²) in [6.45, 7) is 0. The van der Waals surface area contributed by atoms with Gasteiger partial charge in [0.2, 0.25) is 0 Å². The zero-order chi connectivity index (χ0) is 37.5. The number of thiophene rings is 1. The summed E-state index contributed by atoms with van der Waals surface area (Å²) in [5, 5.41) is 2.64. The van der Waals surface area contributed by atoms with Crippen molar-refractivity contribution in [2.75, 3.05) is 4.90 Å². The Labute approximate surface area is 336 Å². The SMILES string of the molecule is c1ccc(-c2ccc(N(c3ccc(-c4ccccc4)cc3)c3cc4c(c5c3sc3ccccc35)-c3ccccc3C43c4ccccc4-c4ccccc43)cc2)cc1. The van der Waals surface area contributed by atoms with Gasteiger partial charge in [-0.15, -0.1) is 11.3 Å². The van der Waals surface area contributed by atoms with Crippen LogP contribution in [0.25, 0.3) is 64.7 Å². The molecule has 0 atom stereocenters. The molecule has 0 radical (unpaired) electrons. The van der Waals surface area contributed by atoms with Crippen LogP contribution in [0.4, 0.5) is 17.1 Å². The van der Waals surface area contributed by atoms with Gasteiger partial charge >= 0.3 is 0 Å². The van der Waals surface area contributed by atoms with E-state index in [4.69, 9.17) is 0 Å². The van der Waals surface area contributed by atoms with E-state index in [9.17, 15) is 0 Å². The molecule has 57 heavy (non-hydrogen) atoms. The molecule has 1 nitrogen and oxygen atoms in total. The Morgan fingerprint density at radius 3 is 1.37 bits per heavy atom.